The molecule has 3 aliphatic rings. The van der Waals surface area contributed by atoms with E-state index in [2.05, 4.69) is 20.8 Å². The Kier molecular flexibility index (Phi) is 4.20. The minimum absolute atomic E-state index is 0.0899. The zero-order valence-corrected chi connectivity index (χ0v) is 15.5. The Morgan fingerprint density at radius 2 is 1.72 bits per heavy atom. The van der Waals surface area contributed by atoms with Crippen LogP contribution < -0.4 is 0 Å². The zero-order chi connectivity index (χ0) is 18.6. The average molecular weight is 350 g/mol. The lowest BCUT2D eigenvalue weighted by Gasteiger charge is -2.56. The first-order valence-corrected chi connectivity index (χ1v) is 8.83. The van der Waals surface area contributed by atoms with Crippen LogP contribution in [-0.2, 0) is 28.6 Å². The van der Waals surface area contributed by atoms with Crippen molar-refractivity contribution in [3.05, 3.63) is 11.1 Å². The Bertz CT molecular complexity index is 661. The van der Waals surface area contributed by atoms with E-state index in [0.717, 1.165) is 19.3 Å². The molecule has 0 amide bonds. The molecule has 1 heterocycles. The van der Waals surface area contributed by atoms with Gasteiger partial charge in [0, 0.05) is 36.3 Å². The van der Waals surface area contributed by atoms with E-state index in [1.807, 2.05) is 0 Å². The van der Waals surface area contributed by atoms with Crippen LogP contribution in [0.2, 0.25) is 0 Å². The van der Waals surface area contributed by atoms with E-state index >= 15 is 0 Å². The summed E-state index contributed by atoms with van der Waals surface area (Å²) in [7, 11) is 0. The first-order chi connectivity index (χ1) is 11.6. The molecule has 4 atom stereocenters. The van der Waals surface area contributed by atoms with Crippen molar-refractivity contribution in [2.45, 2.75) is 66.1 Å². The standard InChI is InChI=1S/C19H26O6/c1-10(20)24-14-12-9-23-17(22)13(12)19(5)8-6-7-18(3,4)16(19)15(14)25-11(2)21/h14-16H,6-9H2,1-5H3/t14-,15+,16-,19+/m0/s1. The Balaban J connectivity index is 2.20. The quantitative estimate of drug-likeness (QED) is 0.562. The largest absolute Gasteiger partial charge is 0.458 e. The highest BCUT2D eigenvalue weighted by atomic mass is 16.6. The van der Waals surface area contributed by atoms with Gasteiger partial charge in [0.1, 0.15) is 12.7 Å². The van der Waals surface area contributed by atoms with Gasteiger partial charge >= 0.3 is 17.9 Å². The molecule has 6 nitrogen and oxygen atoms in total. The minimum Gasteiger partial charge on any atom is -0.458 e. The third-order valence-corrected chi connectivity index (χ3v) is 6.07. The van der Waals surface area contributed by atoms with E-state index in [1.165, 1.54) is 13.8 Å². The summed E-state index contributed by atoms with van der Waals surface area (Å²) in [4.78, 5) is 36.0. The molecule has 0 radical (unpaired) electrons. The maximum absolute atomic E-state index is 12.5. The van der Waals surface area contributed by atoms with Gasteiger partial charge in [-0.1, -0.05) is 27.2 Å². The van der Waals surface area contributed by atoms with Crippen molar-refractivity contribution >= 4 is 17.9 Å². The third-order valence-electron chi connectivity index (χ3n) is 6.07. The second kappa shape index (κ2) is 5.85. The van der Waals surface area contributed by atoms with Crippen molar-refractivity contribution in [2.24, 2.45) is 16.7 Å². The van der Waals surface area contributed by atoms with Crippen LogP contribution in [0.5, 0.6) is 0 Å². The molecular formula is C19H26O6. The van der Waals surface area contributed by atoms with Crippen molar-refractivity contribution < 1.29 is 28.6 Å². The SMILES string of the molecule is CC(=O)O[C@@H]1[C@@H](OC(C)=O)C2=C(C(=O)OC2)[C@@]2(C)CCCC(C)(C)[C@H]12. The predicted octanol–water partition coefficient (Wildman–Crippen LogP) is 2.55. The van der Waals surface area contributed by atoms with Gasteiger partial charge in [-0.15, -0.1) is 0 Å². The van der Waals surface area contributed by atoms with Gasteiger partial charge in [0.25, 0.3) is 0 Å². The maximum atomic E-state index is 12.5. The fourth-order valence-electron chi connectivity index (χ4n) is 5.43. The molecule has 0 N–H and O–H groups in total. The Hall–Kier alpha value is -1.85. The third kappa shape index (κ3) is 2.75. The molecule has 1 saturated carbocycles. The number of carbonyl (C=O) groups excluding carboxylic acids is 3. The lowest BCUT2D eigenvalue weighted by Crippen LogP contribution is -2.59. The average Bonchev–Trinajstić information content (AvgIpc) is 2.84. The van der Waals surface area contributed by atoms with Crippen molar-refractivity contribution in [1.82, 2.24) is 0 Å². The van der Waals surface area contributed by atoms with Gasteiger partial charge in [-0.05, 0) is 18.3 Å². The van der Waals surface area contributed by atoms with Crippen LogP contribution in [-0.4, -0.2) is 36.7 Å². The number of fused-ring (bicyclic) bond motifs is 2. The molecule has 0 aromatic heterocycles. The van der Waals surface area contributed by atoms with Crippen LogP contribution in [0.3, 0.4) is 0 Å². The summed E-state index contributed by atoms with van der Waals surface area (Å²) in [6.07, 6.45) is 1.37. The van der Waals surface area contributed by atoms with Gasteiger partial charge in [0.2, 0.25) is 0 Å². The van der Waals surface area contributed by atoms with E-state index in [9.17, 15) is 14.4 Å². The first kappa shape index (κ1) is 18.0. The molecule has 138 valence electrons. The molecule has 0 unspecified atom stereocenters. The number of hydrogen-bond donors (Lipinski definition) is 0. The van der Waals surface area contributed by atoms with E-state index in [-0.39, 0.29) is 23.9 Å². The van der Waals surface area contributed by atoms with Crippen molar-refractivity contribution in [3.8, 4) is 0 Å². The lowest BCUT2D eigenvalue weighted by atomic mass is 9.49. The molecule has 2 aliphatic carbocycles. The maximum Gasteiger partial charge on any atom is 0.335 e. The van der Waals surface area contributed by atoms with Crippen LogP contribution >= 0.6 is 0 Å². The van der Waals surface area contributed by atoms with Gasteiger partial charge in [-0.2, -0.15) is 0 Å². The molecule has 1 fully saturated rings. The van der Waals surface area contributed by atoms with Gasteiger partial charge in [0.05, 0.1) is 0 Å². The van der Waals surface area contributed by atoms with Crippen LogP contribution in [0.25, 0.3) is 0 Å². The van der Waals surface area contributed by atoms with Crippen LogP contribution in [0.1, 0.15) is 53.9 Å². The molecule has 3 rings (SSSR count). The number of cyclic esters (lactones) is 1. The van der Waals surface area contributed by atoms with E-state index in [1.54, 1.807) is 0 Å². The van der Waals surface area contributed by atoms with Crippen LogP contribution in [0.15, 0.2) is 11.1 Å². The van der Waals surface area contributed by atoms with E-state index < -0.39 is 29.6 Å². The second-order valence-corrected chi connectivity index (χ2v) is 8.32. The normalized spacial score (nSPS) is 36.2. The summed E-state index contributed by atoms with van der Waals surface area (Å²) < 4.78 is 16.6. The molecule has 0 spiro atoms. The van der Waals surface area contributed by atoms with Crippen molar-refractivity contribution in [1.29, 1.82) is 0 Å². The number of hydrogen-bond acceptors (Lipinski definition) is 6. The molecule has 25 heavy (non-hydrogen) atoms. The number of ether oxygens (including phenoxy) is 3. The smallest absolute Gasteiger partial charge is 0.335 e. The van der Waals surface area contributed by atoms with Gasteiger partial charge in [-0.3, -0.25) is 9.59 Å². The molecule has 1 aliphatic heterocycles. The molecule has 0 saturated heterocycles. The minimum atomic E-state index is -0.765. The fourth-order valence-corrected chi connectivity index (χ4v) is 5.43. The summed E-state index contributed by atoms with van der Waals surface area (Å²) in [6.45, 7) is 9.08. The number of esters is 3. The lowest BCUT2D eigenvalue weighted by molar-refractivity contribution is -0.184. The van der Waals surface area contributed by atoms with Crippen molar-refractivity contribution in [2.75, 3.05) is 6.61 Å². The number of carbonyl (C=O) groups is 3. The summed E-state index contributed by atoms with van der Waals surface area (Å²) in [5, 5.41) is 0. The summed E-state index contributed by atoms with van der Waals surface area (Å²) in [6, 6.07) is 0. The Morgan fingerprint density at radius 1 is 1.08 bits per heavy atom. The fraction of sp³-hybridized carbons (Fsp3) is 0.737. The summed E-state index contributed by atoms with van der Waals surface area (Å²) in [5.74, 6) is -1.35. The highest BCUT2D eigenvalue weighted by Gasteiger charge is 2.63. The van der Waals surface area contributed by atoms with Gasteiger partial charge < -0.3 is 14.2 Å². The van der Waals surface area contributed by atoms with Gasteiger partial charge in [0.15, 0.2) is 6.10 Å². The van der Waals surface area contributed by atoms with Crippen molar-refractivity contribution in [3.63, 3.8) is 0 Å². The first-order valence-electron chi connectivity index (χ1n) is 8.83. The molecule has 0 aromatic rings. The highest BCUT2D eigenvalue weighted by molar-refractivity contribution is 5.94. The molecular weight excluding hydrogens is 324 g/mol. The summed E-state index contributed by atoms with van der Waals surface area (Å²) in [5.41, 5.74) is 0.650. The van der Waals surface area contributed by atoms with Gasteiger partial charge in [-0.25, -0.2) is 4.79 Å². The molecule has 0 bridgehead atoms. The Labute approximate surface area is 147 Å². The van der Waals surface area contributed by atoms with E-state index in [4.69, 9.17) is 14.2 Å². The topological polar surface area (TPSA) is 78.9 Å². The monoisotopic (exact) mass is 350 g/mol. The second-order valence-electron chi connectivity index (χ2n) is 8.32. The van der Waals surface area contributed by atoms with Crippen LogP contribution in [0.4, 0.5) is 0 Å². The zero-order valence-electron chi connectivity index (χ0n) is 15.5. The van der Waals surface area contributed by atoms with E-state index in [0.29, 0.717) is 11.1 Å². The molecule has 6 heteroatoms. The van der Waals surface area contributed by atoms with Crippen LogP contribution in [0, 0.1) is 16.7 Å². The predicted molar refractivity (Wildman–Crippen MR) is 88.3 cm³/mol. The number of rotatable bonds is 2. The Morgan fingerprint density at radius 3 is 2.32 bits per heavy atom. The molecule has 0 aromatic carbocycles. The summed E-state index contributed by atoms with van der Waals surface area (Å²) >= 11 is 0. The highest BCUT2D eigenvalue weighted by Crippen LogP contribution is 2.61.